The van der Waals surface area contributed by atoms with E-state index in [0.29, 0.717) is 5.57 Å². The van der Waals surface area contributed by atoms with E-state index < -0.39 is 0 Å². The van der Waals surface area contributed by atoms with Crippen molar-refractivity contribution in [2.45, 2.75) is 59.0 Å². The van der Waals surface area contributed by atoms with E-state index in [1.165, 1.54) is 12.8 Å². The Hall–Kier alpha value is -1.97. The number of esters is 1. The first kappa shape index (κ1) is 18.4. The van der Waals surface area contributed by atoms with E-state index in [2.05, 4.69) is 6.92 Å². The van der Waals surface area contributed by atoms with Gasteiger partial charge in [0.05, 0.1) is 14.2 Å². The van der Waals surface area contributed by atoms with Crippen LogP contribution in [0.2, 0.25) is 0 Å². The number of rotatable bonds is 8. The van der Waals surface area contributed by atoms with Crippen LogP contribution in [0.15, 0.2) is 17.7 Å². The van der Waals surface area contributed by atoms with Gasteiger partial charge in [-0.1, -0.05) is 26.2 Å². The van der Waals surface area contributed by atoms with Gasteiger partial charge in [-0.2, -0.15) is 0 Å². The predicted molar refractivity (Wildman–Crippen MR) is 95.5 cm³/mol. The van der Waals surface area contributed by atoms with Gasteiger partial charge in [0.1, 0.15) is 17.6 Å². The molecule has 0 aromatic heterocycles. The molecule has 24 heavy (non-hydrogen) atoms. The fourth-order valence-corrected chi connectivity index (χ4v) is 3.22. The summed E-state index contributed by atoms with van der Waals surface area (Å²) in [6.45, 7) is 5.99. The highest BCUT2D eigenvalue weighted by Gasteiger charge is 2.33. The molecule has 2 rings (SSSR count). The lowest BCUT2D eigenvalue weighted by atomic mass is 9.92. The Kier molecular flexibility index (Phi) is 6.29. The quantitative estimate of drug-likeness (QED) is 0.512. The topological polar surface area (TPSA) is 44.8 Å². The van der Waals surface area contributed by atoms with Crippen molar-refractivity contribution in [2.24, 2.45) is 0 Å². The van der Waals surface area contributed by atoms with Crippen LogP contribution < -0.4 is 9.47 Å². The number of ether oxygens (including phenoxy) is 3. The van der Waals surface area contributed by atoms with Gasteiger partial charge in [0.15, 0.2) is 0 Å². The number of hydrogen-bond acceptors (Lipinski definition) is 4. The van der Waals surface area contributed by atoms with Gasteiger partial charge in [-0.15, -0.1) is 0 Å². The van der Waals surface area contributed by atoms with Crippen molar-refractivity contribution in [3.05, 3.63) is 28.8 Å². The maximum atomic E-state index is 12.1. The Labute approximate surface area is 144 Å². The second-order valence-corrected chi connectivity index (χ2v) is 6.30. The van der Waals surface area contributed by atoms with Crippen LogP contribution in [0.3, 0.4) is 0 Å². The molecule has 1 atom stereocenters. The molecule has 0 fully saturated rings. The number of carbonyl (C=O) groups excluding carboxylic acids is 1. The van der Waals surface area contributed by atoms with Crippen LogP contribution >= 0.6 is 0 Å². The number of aryl methyl sites for hydroxylation is 1. The molecule has 1 aromatic rings. The van der Waals surface area contributed by atoms with Crippen molar-refractivity contribution in [3.63, 3.8) is 0 Å². The van der Waals surface area contributed by atoms with Crippen molar-refractivity contribution < 1.29 is 19.0 Å². The zero-order valence-corrected chi connectivity index (χ0v) is 15.4. The highest BCUT2D eigenvalue weighted by molar-refractivity contribution is 6.03. The minimum atomic E-state index is -0.230. The highest BCUT2D eigenvalue weighted by Crippen LogP contribution is 2.41. The standard InChI is InChI=1S/C20H28O4/c1-6-7-8-9-10-16-19(14(3)20(21)24-16)15-12-17(22-4)13(2)11-18(15)23-5/h11-12,16H,6-10H2,1-5H3. The normalized spacial score (nSPS) is 17.2. The number of benzene rings is 1. The second kappa shape index (κ2) is 8.22. The summed E-state index contributed by atoms with van der Waals surface area (Å²) in [5.41, 5.74) is 3.50. The monoisotopic (exact) mass is 332 g/mol. The van der Waals surface area contributed by atoms with Crippen LogP contribution in [0, 0.1) is 6.92 Å². The van der Waals surface area contributed by atoms with E-state index in [9.17, 15) is 4.79 Å². The van der Waals surface area contributed by atoms with Gasteiger partial charge in [0, 0.05) is 16.7 Å². The van der Waals surface area contributed by atoms with E-state index in [0.717, 1.165) is 47.5 Å². The summed E-state index contributed by atoms with van der Waals surface area (Å²) < 4.78 is 16.6. The molecular formula is C20H28O4. The Morgan fingerprint density at radius 1 is 1.04 bits per heavy atom. The van der Waals surface area contributed by atoms with Crippen molar-refractivity contribution in [1.29, 1.82) is 0 Å². The van der Waals surface area contributed by atoms with Crippen LogP contribution in [0.25, 0.3) is 5.57 Å². The summed E-state index contributed by atoms with van der Waals surface area (Å²) in [5, 5.41) is 0. The number of hydrogen-bond donors (Lipinski definition) is 0. The highest BCUT2D eigenvalue weighted by atomic mass is 16.5. The lowest BCUT2D eigenvalue weighted by Crippen LogP contribution is -2.12. The fraction of sp³-hybridized carbons (Fsp3) is 0.550. The summed E-state index contributed by atoms with van der Waals surface area (Å²) in [4.78, 5) is 12.1. The molecule has 1 aliphatic heterocycles. The van der Waals surface area contributed by atoms with Crippen LogP contribution in [0.4, 0.5) is 0 Å². The number of methoxy groups -OCH3 is 2. The van der Waals surface area contributed by atoms with Gasteiger partial charge in [-0.3, -0.25) is 0 Å². The second-order valence-electron chi connectivity index (χ2n) is 6.30. The fourth-order valence-electron chi connectivity index (χ4n) is 3.22. The first-order chi connectivity index (χ1) is 11.5. The molecule has 0 aliphatic carbocycles. The smallest absolute Gasteiger partial charge is 0.334 e. The van der Waals surface area contributed by atoms with Gasteiger partial charge >= 0.3 is 5.97 Å². The van der Waals surface area contributed by atoms with Crippen LogP contribution in [-0.2, 0) is 9.53 Å². The molecule has 0 N–H and O–H groups in total. The van der Waals surface area contributed by atoms with Crippen molar-refractivity contribution in [1.82, 2.24) is 0 Å². The molecule has 0 spiro atoms. The summed E-state index contributed by atoms with van der Waals surface area (Å²) in [7, 11) is 3.30. The van der Waals surface area contributed by atoms with Crippen LogP contribution in [-0.4, -0.2) is 26.3 Å². The zero-order valence-electron chi connectivity index (χ0n) is 15.4. The van der Waals surface area contributed by atoms with E-state index in [-0.39, 0.29) is 12.1 Å². The number of unbranched alkanes of at least 4 members (excludes halogenated alkanes) is 3. The lowest BCUT2D eigenvalue weighted by molar-refractivity contribution is -0.139. The Morgan fingerprint density at radius 2 is 1.75 bits per heavy atom. The van der Waals surface area contributed by atoms with E-state index in [1.807, 2.05) is 26.0 Å². The van der Waals surface area contributed by atoms with Gasteiger partial charge in [0.25, 0.3) is 0 Å². The number of carbonyl (C=O) groups is 1. The minimum absolute atomic E-state index is 0.198. The number of cyclic esters (lactones) is 1. The lowest BCUT2D eigenvalue weighted by Gasteiger charge is -2.18. The molecule has 0 radical (unpaired) electrons. The van der Waals surface area contributed by atoms with Crippen molar-refractivity contribution in [2.75, 3.05) is 14.2 Å². The summed E-state index contributed by atoms with van der Waals surface area (Å²) in [6, 6.07) is 3.90. The molecule has 4 nitrogen and oxygen atoms in total. The van der Waals surface area contributed by atoms with Crippen molar-refractivity contribution >= 4 is 11.5 Å². The first-order valence-electron chi connectivity index (χ1n) is 8.68. The zero-order chi connectivity index (χ0) is 17.7. The summed E-state index contributed by atoms with van der Waals surface area (Å²) in [5.74, 6) is 1.31. The Morgan fingerprint density at radius 3 is 2.38 bits per heavy atom. The van der Waals surface area contributed by atoms with Crippen LogP contribution in [0.5, 0.6) is 11.5 Å². The minimum Gasteiger partial charge on any atom is -0.496 e. The summed E-state index contributed by atoms with van der Waals surface area (Å²) >= 11 is 0. The third kappa shape index (κ3) is 3.74. The van der Waals surface area contributed by atoms with Crippen LogP contribution in [0.1, 0.15) is 57.1 Å². The predicted octanol–water partition coefficient (Wildman–Crippen LogP) is 4.68. The summed E-state index contributed by atoms with van der Waals surface area (Å²) in [6.07, 6.45) is 5.25. The van der Waals surface area contributed by atoms with Gasteiger partial charge in [-0.25, -0.2) is 4.79 Å². The Balaban J connectivity index is 2.37. The van der Waals surface area contributed by atoms with E-state index >= 15 is 0 Å². The van der Waals surface area contributed by atoms with Crippen molar-refractivity contribution in [3.8, 4) is 11.5 Å². The maximum absolute atomic E-state index is 12.1. The molecule has 4 heteroatoms. The Bertz CT molecular complexity index is 631. The molecule has 132 valence electrons. The van der Waals surface area contributed by atoms with E-state index in [1.54, 1.807) is 14.2 Å². The molecule has 0 saturated carbocycles. The molecule has 1 unspecified atom stereocenters. The van der Waals surface area contributed by atoms with E-state index in [4.69, 9.17) is 14.2 Å². The van der Waals surface area contributed by atoms with Gasteiger partial charge < -0.3 is 14.2 Å². The molecule has 1 aliphatic rings. The third-order valence-corrected chi connectivity index (χ3v) is 4.61. The molecule has 1 aromatic carbocycles. The molecule has 0 saturated heterocycles. The SMILES string of the molecule is CCCCCCC1OC(=O)C(C)=C1c1cc(OC)c(C)cc1OC. The average molecular weight is 332 g/mol. The largest absolute Gasteiger partial charge is 0.496 e. The third-order valence-electron chi connectivity index (χ3n) is 4.61. The molecule has 1 heterocycles. The van der Waals surface area contributed by atoms with Gasteiger partial charge in [0.2, 0.25) is 0 Å². The maximum Gasteiger partial charge on any atom is 0.334 e. The first-order valence-corrected chi connectivity index (χ1v) is 8.68. The molecular weight excluding hydrogens is 304 g/mol. The molecule has 0 amide bonds. The van der Waals surface area contributed by atoms with Gasteiger partial charge in [-0.05, 0) is 44.4 Å². The average Bonchev–Trinajstić information content (AvgIpc) is 2.86. The molecule has 0 bridgehead atoms.